The molecule has 0 atom stereocenters. The first kappa shape index (κ1) is 22.4. The number of rotatable bonds is 7. The molecule has 0 radical (unpaired) electrons. The maximum atomic E-state index is 11.1. The Morgan fingerprint density at radius 2 is 1.88 bits per heavy atom. The molecule has 2 aromatic heterocycles. The lowest BCUT2D eigenvalue weighted by Crippen LogP contribution is -2.34. The Kier molecular flexibility index (Phi) is 6.91. The Hall–Kier alpha value is -3.83. The van der Waals surface area contributed by atoms with Gasteiger partial charge in [0.15, 0.2) is 0 Å². The molecule has 1 aliphatic heterocycles. The van der Waals surface area contributed by atoms with Crippen molar-refractivity contribution in [3.05, 3.63) is 71.8 Å². The molecule has 8 heteroatoms. The molecule has 8 nitrogen and oxygen atoms in total. The van der Waals surface area contributed by atoms with E-state index in [4.69, 9.17) is 11.0 Å². The van der Waals surface area contributed by atoms with Crippen LogP contribution in [-0.2, 0) is 11.3 Å². The first-order valence-corrected chi connectivity index (χ1v) is 11.0. The Balaban J connectivity index is 1.37. The highest BCUT2D eigenvalue weighted by atomic mass is 16.1. The van der Waals surface area contributed by atoms with Crippen molar-refractivity contribution in [1.82, 2.24) is 19.9 Å². The molecule has 0 unspecified atom stereocenters. The second-order valence-corrected chi connectivity index (χ2v) is 8.46. The number of hydrogen-bond donors (Lipinski definition) is 1. The van der Waals surface area contributed by atoms with Crippen molar-refractivity contribution in [2.75, 3.05) is 31.6 Å². The Labute approximate surface area is 193 Å². The van der Waals surface area contributed by atoms with Gasteiger partial charge in [0.1, 0.15) is 11.8 Å². The van der Waals surface area contributed by atoms with Crippen LogP contribution in [0, 0.1) is 11.3 Å². The molecule has 2 N–H and O–H groups in total. The SMILES string of the molecule is CN(CC(N)=O)Cc1cccc(-c2cnc(N3CCC(c4ccc(C#N)nc4)CC3)nc2)c1. The van der Waals surface area contributed by atoms with Gasteiger partial charge in [-0.3, -0.25) is 9.69 Å². The number of amides is 1. The lowest BCUT2D eigenvalue weighted by Gasteiger charge is -2.32. The van der Waals surface area contributed by atoms with Gasteiger partial charge in [-0.25, -0.2) is 15.0 Å². The molecule has 4 rings (SSSR count). The monoisotopic (exact) mass is 441 g/mol. The Morgan fingerprint density at radius 3 is 2.52 bits per heavy atom. The van der Waals surface area contributed by atoms with Gasteiger partial charge in [-0.2, -0.15) is 5.26 Å². The van der Waals surface area contributed by atoms with E-state index in [1.54, 1.807) is 6.07 Å². The van der Waals surface area contributed by atoms with Crippen LogP contribution in [0.15, 0.2) is 55.0 Å². The van der Waals surface area contributed by atoms with Gasteiger partial charge in [0.2, 0.25) is 11.9 Å². The van der Waals surface area contributed by atoms with Crippen molar-refractivity contribution in [2.24, 2.45) is 5.73 Å². The molecule has 3 aromatic rings. The number of nitriles is 1. The average Bonchev–Trinajstić information content (AvgIpc) is 2.84. The van der Waals surface area contributed by atoms with Crippen molar-refractivity contribution in [3.8, 4) is 17.2 Å². The van der Waals surface area contributed by atoms with E-state index in [1.165, 1.54) is 5.56 Å². The predicted molar refractivity (Wildman–Crippen MR) is 126 cm³/mol. The highest BCUT2D eigenvalue weighted by Crippen LogP contribution is 2.29. The predicted octanol–water partition coefficient (Wildman–Crippen LogP) is 2.71. The number of anilines is 1. The average molecular weight is 442 g/mol. The molecular formula is C25H27N7O. The normalized spacial score (nSPS) is 14.3. The first-order valence-electron chi connectivity index (χ1n) is 11.0. The van der Waals surface area contributed by atoms with Gasteiger partial charge in [0.25, 0.3) is 0 Å². The number of nitrogens with zero attached hydrogens (tertiary/aromatic N) is 6. The summed E-state index contributed by atoms with van der Waals surface area (Å²) < 4.78 is 0. The largest absolute Gasteiger partial charge is 0.369 e. The van der Waals surface area contributed by atoms with Crippen LogP contribution in [0.25, 0.3) is 11.1 Å². The third-order valence-corrected chi connectivity index (χ3v) is 5.93. The zero-order valence-corrected chi connectivity index (χ0v) is 18.7. The summed E-state index contributed by atoms with van der Waals surface area (Å²) in [5.41, 5.74) is 10.0. The number of benzene rings is 1. The number of carbonyl (C=O) groups is 1. The van der Waals surface area contributed by atoms with Crippen LogP contribution >= 0.6 is 0 Å². The maximum absolute atomic E-state index is 11.1. The minimum Gasteiger partial charge on any atom is -0.369 e. The number of nitrogens with two attached hydrogens (primary N) is 1. The van der Waals surface area contributed by atoms with Crippen LogP contribution in [0.2, 0.25) is 0 Å². The smallest absolute Gasteiger partial charge is 0.231 e. The molecule has 1 saturated heterocycles. The number of likely N-dealkylation sites (N-methyl/N-ethyl adjacent to an activating group) is 1. The molecule has 0 bridgehead atoms. The molecule has 1 aromatic carbocycles. The van der Waals surface area contributed by atoms with Crippen LogP contribution in [0.3, 0.4) is 0 Å². The van der Waals surface area contributed by atoms with Crippen molar-refractivity contribution < 1.29 is 4.79 Å². The Bertz CT molecular complexity index is 1130. The molecule has 168 valence electrons. The van der Waals surface area contributed by atoms with Gasteiger partial charge in [-0.05, 0) is 54.6 Å². The molecule has 0 saturated carbocycles. The molecule has 1 fully saturated rings. The van der Waals surface area contributed by atoms with E-state index < -0.39 is 0 Å². The van der Waals surface area contributed by atoms with Gasteiger partial charge < -0.3 is 10.6 Å². The maximum Gasteiger partial charge on any atom is 0.231 e. The zero-order valence-electron chi connectivity index (χ0n) is 18.7. The van der Waals surface area contributed by atoms with E-state index in [1.807, 2.05) is 54.8 Å². The van der Waals surface area contributed by atoms with Gasteiger partial charge in [-0.15, -0.1) is 0 Å². The van der Waals surface area contributed by atoms with Gasteiger partial charge >= 0.3 is 0 Å². The number of carbonyl (C=O) groups excluding carboxylic acids is 1. The van der Waals surface area contributed by atoms with E-state index >= 15 is 0 Å². The highest BCUT2D eigenvalue weighted by Gasteiger charge is 2.22. The molecule has 0 spiro atoms. The minimum absolute atomic E-state index is 0.223. The van der Waals surface area contributed by atoms with Crippen LogP contribution in [0.1, 0.15) is 35.6 Å². The summed E-state index contributed by atoms with van der Waals surface area (Å²) in [6.07, 6.45) is 7.56. The first-order chi connectivity index (χ1) is 16.0. The third-order valence-electron chi connectivity index (χ3n) is 5.93. The number of primary amides is 1. The fourth-order valence-electron chi connectivity index (χ4n) is 4.24. The fraction of sp³-hybridized carbons (Fsp3) is 0.320. The van der Waals surface area contributed by atoms with Crippen LogP contribution in [0.5, 0.6) is 0 Å². The van der Waals surface area contributed by atoms with Gasteiger partial charge in [0, 0.05) is 43.8 Å². The van der Waals surface area contributed by atoms with Crippen molar-refractivity contribution >= 4 is 11.9 Å². The van der Waals surface area contributed by atoms with Gasteiger partial charge in [-0.1, -0.05) is 24.3 Å². The molecule has 33 heavy (non-hydrogen) atoms. The van der Waals surface area contributed by atoms with Crippen LogP contribution in [-0.4, -0.2) is 52.4 Å². The quantitative estimate of drug-likeness (QED) is 0.600. The summed E-state index contributed by atoms with van der Waals surface area (Å²) in [6, 6.07) is 14.0. The summed E-state index contributed by atoms with van der Waals surface area (Å²) in [5, 5.41) is 8.92. The lowest BCUT2D eigenvalue weighted by atomic mass is 9.90. The molecule has 1 amide bonds. The summed E-state index contributed by atoms with van der Waals surface area (Å²) >= 11 is 0. The molecule has 3 heterocycles. The second-order valence-electron chi connectivity index (χ2n) is 8.46. The topological polar surface area (TPSA) is 112 Å². The van der Waals surface area contributed by atoms with Crippen molar-refractivity contribution in [3.63, 3.8) is 0 Å². The molecule has 0 aliphatic carbocycles. The Morgan fingerprint density at radius 1 is 1.12 bits per heavy atom. The number of piperidine rings is 1. The standard InChI is InChI=1S/C25H27N7O/c1-31(17-24(27)33)16-18-3-2-4-20(11-18)22-14-29-25(30-15-22)32-9-7-19(8-10-32)21-5-6-23(12-26)28-13-21/h2-6,11,13-15,19H,7-10,16-17H2,1H3,(H2,27,33). The summed E-state index contributed by atoms with van der Waals surface area (Å²) in [7, 11) is 1.87. The van der Waals surface area contributed by atoms with Crippen molar-refractivity contribution in [2.45, 2.75) is 25.3 Å². The summed E-state index contributed by atoms with van der Waals surface area (Å²) in [4.78, 5) is 28.7. The van der Waals surface area contributed by atoms with E-state index in [0.29, 0.717) is 18.2 Å². The number of aromatic nitrogens is 3. The number of pyridine rings is 1. The molecule has 1 aliphatic rings. The minimum atomic E-state index is -0.338. The number of hydrogen-bond acceptors (Lipinski definition) is 7. The van der Waals surface area contributed by atoms with Crippen LogP contribution in [0.4, 0.5) is 5.95 Å². The van der Waals surface area contributed by atoms with Crippen LogP contribution < -0.4 is 10.6 Å². The van der Waals surface area contributed by atoms with E-state index in [9.17, 15) is 4.79 Å². The lowest BCUT2D eigenvalue weighted by molar-refractivity contribution is -0.118. The second kappa shape index (κ2) is 10.2. The zero-order chi connectivity index (χ0) is 23.2. The summed E-state index contributed by atoms with van der Waals surface area (Å²) in [6.45, 7) is 2.62. The fourth-order valence-corrected chi connectivity index (χ4v) is 4.24. The third kappa shape index (κ3) is 5.70. The highest BCUT2D eigenvalue weighted by molar-refractivity contribution is 5.75. The van der Waals surface area contributed by atoms with E-state index in [-0.39, 0.29) is 12.5 Å². The summed E-state index contributed by atoms with van der Waals surface area (Å²) in [5.74, 6) is 0.846. The molecular weight excluding hydrogens is 414 g/mol. The van der Waals surface area contributed by atoms with E-state index in [2.05, 4.69) is 32.0 Å². The van der Waals surface area contributed by atoms with Gasteiger partial charge in [0.05, 0.1) is 6.54 Å². The van der Waals surface area contributed by atoms with E-state index in [0.717, 1.165) is 48.6 Å². The van der Waals surface area contributed by atoms with Crippen molar-refractivity contribution in [1.29, 1.82) is 5.26 Å².